The van der Waals surface area contributed by atoms with Crippen molar-refractivity contribution in [3.05, 3.63) is 74.1 Å². The van der Waals surface area contributed by atoms with Crippen LogP contribution in [-0.4, -0.2) is 19.9 Å². The average Bonchev–Trinajstić information content (AvgIpc) is 2.81. The van der Waals surface area contributed by atoms with Crippen LogP contribution < -0.4 is 5.56 Å². The van der Waals surface area contributed by atoms with Crippen molar-refractivity contribution in [2.45, 2.75) is 57.9 Å². The van der Waals surface area contributed by atoms with Gasteiger partial charge in [0.05, 0.1) is 11.1 Å². The number of nitrogens with zero attached hydrogens (tertiary/aromatic N) is 1. The Morgan fingerprint density at radius 2 is 1.49 bits per heavy atom. The second-order valence-corrected chi connectivity index (χ2v) is 10.0. The summed E-state index contributed by atoms with van der Waals surface area (Å²) in [5, 5.41) is 34.7. The molecule has 0 saturated carbocycles. The Kier molecular flexibility index (Phi) is 4.66. The Morgan fingerprint density at radius 3 is 2.23 bits per heavy atom. The van der Waals surface area contributed by atoms with Gasteiger partial charge >= 0.3 is 0 Å². The lowest BCUT2D eigenvalue weighted by atomic mass is 9.79. The summed E-state index contributed by atoms with van der Waals surface area (Å²) in [6.45, 7) is 3.86. The van der Waals surface area contributed by atoms with Gasteiger partial charge in [-0.15, -0.1) is 0 Å². The van der Waals surface area contributed by atoms with Crippen LogP contribution in [0, 0.1) is 11.6 Å². The van der Waals surface area contributed by atoms with E-state index in [4.69, 9.17) is 0 Å². The predicted molar refractivity (Wildman–Crippen MR) is 130 cm³/mol. The number of aromatic nitrogens is 1. The number of hydrogen-bond acceptors (Lipinski definition) is 4. The summed E-state index contributed by atoms with van der Waals surface area (Å²) in [6, 6.07) is 5.09. The van der Waals surface area contributed by atoms with Crippen LogP contribution >= 0.6 is 0 Å². The molecule has 7 heteroatoms. The van der Waals surface area contributed by atoms with Crippen molar-refractivity contribution in [3.8, 4) is 17.2 Å². The minimum Gasteiger partial charge on any atom is -0.507 e. The molecule has 0 spiro atoms. The van der Waals surface area contributed by atoms with E-state index in [1.165, 1.54) is 24.3 Å². The molecule has 4 aromatic rings. The highest BCUT2D eigenvalue weighted by Crippen LogP contribution is 2.49. The molecule has 0 unspecified atom stereocenters. The van der Waals surface area contributed by atoms with E-state index in [2.05, 4.69) is 0 Å². The van der Waals surface area contributed by atoms with E-state index < -0.39 is 17.2 Å². The maximum atomic E-state index is 14.4. The highest BCUT2D eigenvalue weighted by Gasteiger charge is 2.31. The summed E-state index contributed by atoms with van der Waals surface area (Å²) >= 11 is 0. The highest BCUT2D eigenvalue weighted by atomic mass is 19.1. The second-order valence-electron chi connectivity index (χ2n) is 10.0. The van der Waals surface area contributed by atoms with Gasteiger partial charge in [-0.2, -0.15) is 0 Å². The molecular formula is C28H25F2NO4. The van der Waals surface area contributed by atoms with Crippen molar-refractivity contribution in [1.29, 1.82) is 0 Å². The van der Waals surface area contributed by atoms with Crippen molar-refractivity contribution < 1.29 is 24.1 Å². The Hall–Kier alpha value is -3.61. The van der Waals surface area contributed by atoms with Crippen LogP contribution in [0.25, 0.3) is 21.7 Å². The van der Waals surface area contributed by atoms with Crippen molar-refractivity contribution in [3.63, 3.8) is 0 Å². The topological polar surface area (TPSA) is 82.7 Å². The maximum Gasteiger partial charge on any atom is 0.258 e. The molecule has 2 aliphatic rings. The minimum absolute atomic E-state index is 0.0416. The molecule has 2 atom stereocenters. The van der Waals surface area contributed by atoms with Crippen LogP contribution in [0.3, 0.4) is 0 Å². The van der Waals surface area contributed by atoms with Crippen molar-refractivity contribution >= 4 is 21.7 Å². The largest absolute Gasteiger partial charge is 0.507 e. The molecule has 1 aromatic heterocycles. The smallest absolute Gasteiger partial charge is 0.258 e. The summed E-state index contributed by atoms with van der Waals surface area (Å²) in [7, 11) is 0. The molecule has 0 amide bonds. The van der Waals surface area contributed by atoms with Gasteiger partial charge in [0.15, 0.2) is 0 Å². The summed E-state index contributed by atoms with van der Waals surface area (Å²) in [4.78, 5) is 13.6. The van der Waals surface area contributed by atoms with E-state index >= 15 is 0 Å². The van der Waals surface area contributed by atoms with E-state index in [0.717, 1.165) is 5.56 Å². The summed E-state index contributed by atoms with van der Waals surface area (Å²) in [6.07, 6.45) is 2.29. The quantitative estimate of drug-likeness (QED) is 0.346. The number of pyridine rings is 1. The number of phenols is 2. The summed E-state index contributed by atoms with van der Waals surface area (Å²) < 4.78 is 30.4. The van der Waals surface area contributed by atoms with E-state index in [-0.39, 0.29) is 57.5 Å². The zero-order valence-corrected chi connectivity index (χ0v) is 19.5. The molecule has 0 saturated heterocycles. The lowest BCUT2D eigenvalue weighted by molar-refractivity contribution is 0.431. The number of aromatic hydroxyl groups is 3. The SMILES string of the molecule is C[C@@H]1CCc2cc(F)cc3c(O)c(Cc4c(O)c5c6c(cc(F)cc6c4O)CC[C@@H]5C)c(=O)n1c23. The lowest BCUT2D eigenvalue weighted by Gasteiger charge is -2.28. The molecule has 3 N–H and O–H groups in total. The first-order valence-corrected chi connectivity index (χ1v) is 11.9. The van der Waals surface area contributed by atoms with Gasteiger partial charge in [-0.1, -0.05) is 6.92 Å². The van der Waals surface area contributed by atoms with Gasteiger partial charge in [0.25, 0.3) is 5.56 Å². The first-order chi connectivity index (χ1) is 16.7. The summed E-state index contributed by atoms with van der Waals surface area (Å²) in [5.74, 6) is -1.88. The molecular weight excluding hydrogens is 452 g/mol. The molecule has 2 heterocycles. The third-order valence-electron chi connectivity index (χ3n) is 7.91. The monoisotopic (exact) mass is 477 g/mol. The molecule has 0 radical (unpaired) electrons. The molecule has 0 fully saturated rings. The van der Waals surface area contributed by atoms with Gasteiger partial charge in [0.1, 0.15) is 28.9 Å². The van der Waals surface area contributed by atoms with Gasteiger partial charge in [-0.05, 0) is 79.3 Å². The van der Waals surface area contributed by atoms with Gasteiger partial charge in [-0.3, -0.25) is 4.79 Å². The van der Waals surface area contributed by atoms with Crippen LogP contribution in [0.2, 0.25) is 0 Å². The van der Waals surface area contributed by atoms with Crippen LogP contribution in [-0.2, 0) is 19.3 Å². The molecule has 1 aliphatic carbocycles. The Labute approximate surface area is 199 Å². The van der Waals surface area contributed by atoms with E-state index in [1.54, 1.807) is 4.57 Å². The second kappa shape index (κ2) is 7.44. The van der Waals surface area contributed by atoms with Crippen molar-refractivity contribution in [2.24, 2.45) is 0 Å². The molecule has 0 bridgehead atoms. The molecule has 6 rings (SSSR count). The first-order valence-electron chi connectivity index (χ1n) is 11.9. The Morgan fingerprint density at radius 1 is 0.857 bits per heavy atom. The number of halogens is 2. The van der Waals surface area contributed by atoms with Crippen molar-refractivity contribution in [2.75, 3.05) is 0 Å². The Balaban J connectivity index is 1.66. The maximum absolute atomic E-state index is 14.4. The van der Waals surface area contributed by atoms with Crippen LogP contribution in [0.5, 0.6) is 17.2 Å². The zero-order chi connectivity index (χ0) is 24.8. The minimum atomic E-state index is -0.508. The lowest BCUT2D eigenvalue weighted by Crippen LogP contribution is -2.30. The number of benzene rings is 3. The molecule has 3 aromatic carbocycles. The highest BCUT2D eigenvalue weighted by molar-refractivity contribution is 5.98. The first kappa shape index (κ1) is 21.9. The van der Waals surface area contributed by atoms with Crippen molar-refractivity contribution in [1.82, 2.24) is 4.57 Å². The van der Waals surface area contributed by atoms with Gasteiger partial charge in [0, 0.05) is 34.4 Å². The van der Waals surface area contributed by atoms with Crippen LogP contribution in [0.4, 0.5) is 8.78 Å². The fourth-order valence-corrected chi connectivity index (χ4v) is 6.16. The zero-order valence-electron chi connectivity index (χ0n) is 19.5. The van der Waals surface area contributed by atoms with Gasteiger partial charge < -0.3 is 19.9 Å². The van der Waals surface area contributed by atoms with Gasteiger partial charge in [-0.25, -0.2) is 8.78 Å². The van der Waals surface area contributed by atoms with Crippen LogP contribution in [0.15, 0.2) is 29.1 Å². The van der Waals surface area contributed by atoms with Crippen LogP contribution in [0.1, 0.15) is 66.5 Å². The number of aryl methyl sites for hydroxylation is 2. The van der Waals surface area contributed by atoms with E-state index in [0.29, 0.717) is 47.7 Å². The standard InChI is InChI=1S/C28H25F2NO4/c1-12-3-5-14-7-16(29)9-18-23(14)22(12)27(34)20(25(18)32)11-21-26(33)19-10-17(30)8-15-6-4-13(2)31(24(15)19)28(21)35/h7-10,12-13,32-34H,3-6,11H2,1-2H3/t12-,13+/m0/s1. The molecule has 35 heavy (non-hydrogen) atoms. The number of hydrogen-bond donors (Lipinski definition) is 3. The third kappa shape index (κ3) is 3.00. The normalized spacial score (nSPS) is 19.0. The number of rotatable bonds is 2. The Bertz CT molecular complexity index is 1640. The molecule has 5 nitrogen and oxygen atoms in total. The average molecular weight is 478 g/mol. The van der Waals surface area contributed by atoms with E-state index in [1.807, 2.05) is 13.8 Å². The van der Waals surface area contributed by atoms with E-state index in [9.17, 15) is 28.9 Å². The molecule has 1 aliphatic heterocycles. The third-order valence-corrected chi connectivity index (χ3v) is 7.91. The molecule has 180 valence electrons. The fourth-order valence-electron chi connectivity index (χ4n) is 6.16. The summed E-state index contributed by atoms with van der Waals surface area (Å²) in [5.41, 5.74) is 2.07. The van der Waals surface area contributed by atoms with Gasteiger partial charge in [0.2, 0.25) is 0 Å². The predicted octanol–water partition coefficient (Wildman–Crippen LogP) is 5.70. The fraction of sp³-hybridized carbons (Fsp3) is 0.321. The number of phenolic OH excluding ortho intramolecular Hbond substituents is 2.